The number of nitrogens with zero attached hydrogens (tertiary/aromatic N) is 2. The van der Waals surface area contributed by atoms with E-state index < -0.39 is 0 Å². The van der Waals surface area contributed by atoms with Crippen molar-refractivity contribution in [3.63, 3.8) is 0 Å². The largest absolute Gasteiger partial charge is 0.305 e. The lowest BCUT2D eigenvalue weighted by atomic mass is 9.85. The fourth-order valence-corrected chi connectivity index (χ4v) is 4.90. The summed E-state index contributed by atoms with van der Waals surface area (Å²) in [4.78, 5) is 1.21. The van der Waals surface area contributed by atoms with Crippen LogP contribution in [0.2, 0.25) is 5.02 Å². The molecule has 3 atom stereocenters. The van der Waals surface area contributed by atoms with E-state index in [1.54, 1.807) is 11.3 Å². The van der Waals surface area contributed by atoms with Crippen molar-refractivity contribution in [3.05, 3.63) is 92.1 Å². The molecule has 0 radical (unpaired) electrons. The van der Waals surface area contributed by atoms with Gasteiger partial charge in [0.15, 0.2) is 0 Å². The molecule has 1 unspecified atom stereocenters. The number of nitrogens with one attached hydrogen (secondary N) is 1. The molecule has 152 valence electrons. The predicted molar refractivity (Wildman–Crippen MR) is 124 cm³/mol. The van der Waals surface area contributed by atoms with Crippen molar-refractivity contribution < 1.29 is 0 Å². The first-order chi connectivity index (χ1) is 14.5. The van der Waals surface area contributed by atoms with E-state index in [9.17, 15) is 10.5 Å². The molecule has 3 nitrogen and oxygen atoms in total. The van der Waals surface area contributed by atoms with Gasteiger partial charge in [0.2, 0.25) is 0 Å². The summed E-state index contributed by atoms with van der Waals surface area (Å²) in [5, 5.41) is 25.2. The zero-order chi connectivity index (χ0) is 21.5. The minimum atomic E-state index is -0.0168. The van der Waals surface area contributed by atoms with Crippen LogP contribution in [0.25, 0.3) is 0 Å². The van der Waals surface area contributed by atoms with Gasteiger partial charge < -0.3 is 5.32 Å². The summed E-state index contributed by atoms with van der Waals surface area (Å²) in [5.41, 5.74) is 4.16. The molecule has 0 fully saturated rings. The second kappa shape index (κ2) is 10.4. The highest BCUT2D eigenvalue weighted by Gasteiger charge is 2.25. The Morgan fingerprint density at radius 1 is 1.10 bits per heavy atom. The molecular weight excluding hydrogens is 410 g/mol. The Balaban J connectivity index is 1.91. The SMILES string of the molecule is Cc1ccsc1C(CC#N)N[C@@H](C)[C@@H](Cc1ccc(Cl)cc1)c1cccc(C#N)c1. The zero-order valence-electron chi connectivity index (χ0n) is 17.1. The lowest BCUT2D eigenvalue weighted by Gasteiger charge is -2.29. The van der Waals surface area contributed by atoms with Crippen LogP contribution in [-0.4, -0.2) is 6.04 Å². The van der Waals surface area contributed by atoms with Crippen molar-refractivity contribution in [1.82, 2.24) is 5.32 Å². The summed E-state index contributed by atoms with van der Waals surface area (Å²) in [7, 11) is 0. The van der Waals surface area contributed by atoms with Gasteiger partial charge in [0.05, 0.1) is 30.2 Å². The molecule has 0 aliphatic carbocycles. The molecule has 3 aromatic rings. The Bertz CT molecular complexity index is 1060. The Labute approximate surface area is 187 Å². The smallest absolute Gasteiger partial charge is 0.0991 e. The van der Waals surface area contributed by atoms with Crippen LogP contribution in [-0.2, 0) is 6.42 Å². The first-order valence-corrected chi connectivity index (χ1v) is 11.2. The van der Waals surface area contributed by atoms with E-state index in [-0.39, 0.29) is 18.0 Å². The maximum atomic E-state index is 9.39. The van der Waals surface area contributed by atoms with Gasteiger partial charge in [-0.3, -0.25) is 0 Å². The van der Waals surface area contributed by atoms with Crippen LogP contribution in [0.4, 0.5) is 0 Å². The first kappa shape index (κ1) is 22.1. The molecule has 0 saturated carbocycles. The third-order valence-corrected chi connectivity index (χ3v) is 6.78. The Morgan fingerprint density at radius 3 is 2.50 bits per heavy atom. The summed E-state index contributed by atoms with van der Waals surface area (Å²) in [5.74, 6) is 0.140. The molecule has 0 bridgehead atoms. The van der Waals surface area contributed by atoms with Crippen molar-refractivity contribution in [2.45, 2.75) is 44.7 Å². The average Bonchev–Trinajstić information content (AvgIpc) is 3.18. The summed E-state index contributed by atoms with van der Waals surface area (Å²) >= 11 is 7.75. The Hall–Kier alpha value is -2.63. The Morgan fingerprint density at radius 2 is 1.87 bits per heavy atom. The van der Waals surface area contributed by atoms with Crippen molar-refractivity contribution >= 4 is 22.9 Å². The van der Waals surface area contributed by atoms with Crippen molar-refractivity contribution in [2.24, 2.45) is 0 Å². The van der Waals surface area contributed by atoms with Crippen LogP contribution >= 0.6 is 22.9 Å². The summed E-state index contributed by atoms with van der Waals surface area (Å²) in [6, 6.07) is 22.5. The molecule has 1 aromatic heterocycles. The second-order valence-corrected chi connectivity index (χ2v) is 8.90. The van der Waals surface area contributed by atoms with E-state index in [4.69, 9.17) is 11.6 Å². The van der Waals surface area contributed by atoms with Gasteiger partial charge in [-0.2, -0.15) is 10.5 Å². The van der Waals surface area contributed by atoms with Gasteiger partial charge in [0, 0.05) is 21.9 Å². The topological polar surface area (TPSA) is 59.6 Å². The lowest BCUT2D eigenvalue weighted by Crippen LogP contribution is -2.36. The van der Waals surface area contributed by atoms with Gasteiger partial charge in [-0.25, -0.2) is 0 Å². The molecule has 1 heterocycles. The van der Waals surface area contributed by atoms with Crippen LogP contribution in [0.3, 0.4) is 0 Å². The maximum Gasteiger partial charge on any atom is 0.0991 e. The second-order valence-electron chi connectivity index (χ2n) is 7.51. The number of aryl methyl sites for hydroxylation is 1. The van der Waals surface area contributed by atoms with Gasteiger partial charge in [-0.05, 0) is 72.7 Å². The molecule has 0 aliphatic heterocycles. The summed E-state index contributed by atoms with van der Waals surface area (Å²) in [6.07, 6.45) is 1.22. The number of benzene rings is 2. The summed E-state index contributed by atoms with van der Waals surface area (Å²) < 4.78 is 0. The molecule has 2 aromatic carbocycles. The van der Waals surface area contributed by atoms with E-state index >= 15 is 0 Å². The summed E-state index contributed by atoms with van der Waals surface area (Å²) in [6.45, 7) is 4.25. The molecule has 5 heteroatoms. The van der Waals surface area contributed by atoms with E-state index in [1.807, 2.05) is 42.5 Å². The maximum absolute atomic E-state index is 9.39. The van der Waals surface area contributed by atoms with Crippen LogP contribution in [0.5, 0.6) is 0 Å². The van der Waals surface area contributed by atoms with Gasteiger partial charge in [-0.1, -0.05) is 35.9 Å². The van der Waals surface area contributed by atoms with E-state index in [0.717, 1.165) is 17.0 Å². The van der Waals surface area contributed by atoms with Gasteiger partial charge in [-0.15, -0.1) is 11.3 Å². The number of thiophene rings is 1. The number of hydrogen-bond acceptors (Lipinski definition) is 4. The molecule has 0 saturated heterocycles. The minimum Gasteiger partial charge on any atom is -0.305 e. The molecule has 0 spiro atoms. The number of hydrogen-bond donors (Lipinski definition) is 1. The fraction of sp³-hybridized carbons (Fsp3) is 0.280. The lowest BCUT2D eigenvalue weighted by molar-refractivity contribution is 0.403. The van der Waals surface area contributed by atoms with E-state index in [0.29, 0.717) is 12.0 Å². The van der Waals surface area contributed by atoms with Crippen LogP contribution in [0, 0.1) is 29.6 Å². The third kappa shape index (κ3) is 5.49. The van der Waals surface area contributed by atoms with Crippen molar-refractivity contribution in [2.75, 3.05) is 0 Å². The van der Waals surface area contributed by atoms with Crippen molar-refractivity contribution in [1.29, 1.82) is 10.5 Å². The van der Waals surface area contributed by atoms with E-state index in [2.05, 4.69) is 48.8 Å². The number of rotatable bonds is 8. The zero-order valence-corrected chi connectivity index (χ0v) is 18.7. The van der Waals surface area contributed by atoms with Crippen LogP contribution in [0.15, 0.2) is 60.0 Å². The predicted octanol–water partition coefficient (Wildman–Crippen LogP) is 6.54. The third-order valence-electron chi connectivity index (χ3n) is 5.39. The molecule has 3 rings (SSSR count). The monoisotopic (exact) mass is 433 g/mol. The number of halogens is 1. The first-order valence-electron chi connectivity index (χ1n) is 9.93. The van der Waals surface area contributed by atoms with Gasteiger partial charge >= 0.3 is 0 Å². The molecule has 0 aliphatic rings. The van der Waals surface area contributed by atoms with Crippen LogP contribution < -0.4 is 5.32 Å². The average molecular weight is 434 g/mol. The van der Waals surface area contributed by atoms with Crippen molar-refractivity contribution in [3.8, 4) is 12.1 Å². The van der Waals surface area contributed by atoms with Crippen LogP contribution in [0.1, 0.15) is 52.4 Å². The quantitative estimate of drug-likeness (QED) is 0.438. The molecular formula is C25H24ClN3S. The molecule has 30 heavy (non-hydrogen) atoms. The normalized spacial score (nSPS) is 13.8. The number of nitriles is 2. The van der Waals surface area contributed by atoms with E-state index in [1.165, 1.54) is 16.0 Å². The Kier molecular flexibility index (Phi) is 7.66. The minimum absolute atomic E-state index is 0.0168. The highest BCUT2D eigenvalue weighted by Crippen LogP contribution is 2.31. The highest BCUT2D eigenvalue weighted by atomic mass is 35.5. The molecule has 0 amide bonds. The van der Waals surface area contributed by atoms with Gasteiger partial charge in [0.1, 0.15) is 0 Å². The standard InChI is InChI=1S/C25H24ClN3S/c1-17-11-13-30-25(17)24(10-12-27)29-18(2)23(15-19-6-8-22(26)9-7-19)21-5-3-4-20(14-21)16-28/h3-9,11,13-14,18,23-24,29H,10,15H2,1-2H3/t18-,23+,24?/m0/s1. The molecule has 1 N–H and O–H groups in total. The highest BCUT2D eigenvalue weighted by molar-refractivity contribution is 7.10. The van der Waals surface area contributed by atoms with Gasteiger partial charge in [0.25, 0.3) is 0 Å². The fourth-order valence-electron chi connectivity index (χ4n) is 3.79.